The van der Waals surface area contributed by atoms with E-state index in [9.17, 15) is 61.0 Å². The second kappa shape index (κ2) is 26.0. The molecule has 0 saturated carbocycles. The Labute approximate surface area is 334 Å². The number of aliphatic hydroxyl groups is 11. The van der Waals surface area contributed by atoms with E-state index in [2.05, 4.69) is 12.2 Å². The first-order chi connectivity index (χ1) is 27.3. The van der Waals surface area contributed by atoms with Crippen LogP contribution in [0.15, 0.2) is 12.2 Å². The number of carbonyl (C=O) groups is 1. The molecule has 17 unspecified atom stereocenters. The Bertz CT molecular complexity index is 1130. The minimum absolute atomic E-state index is 0.242. The van der Waals surface area contributed by atoms with Crippen LogP contribution in [0.25, 0.3) is 0 Å². The molecule has 1 amide bonds. The number of hydrogen-bond donors (Lipinski definition) is 12. The molecule has 19 heteroatoms. The van der Waals surface area contributed by atoms with Crippen LogP contribution in [0.2, 0.25) is 0 Å². The Morgan fingerprint density at radius 1 is 0.614 bits per heavy atom. The molecule has 0 radical (unpaired) electrons. The third kappa shape index (κ3) is 14.6. The van der Waals surface area contributed by atoms with Gasteiger partial charge in [-0.1, -0.05) is 83.8 Å². The normalized spacial score (nSPS) is 37.3. The summed E-state index contributed by atoms with van der Waals surface area (Å²) in [6.45, 7) is 1.38. The van der Waals surface area contributed by atoms with Crippen LogP contribution in [-0.4, -0.2) is 193 Å². The number of nitrogens with one attached hydrogen (secondary N) is 1. The van der Waals surface area contributed by atoms with Crippen LogP contribution >= 0.6 is 0 Å². The Kier molecular flexibility index (Phi) is 22.8. The monoisotopic (exact) mass is 827 g/mol. The van der Waals surface area contributed by atoms with Crippen molar-refractivity contribution in [2.24, 2.45) is 0 Å². The van der Waals surface area contributed by atoms with Gasteiger partial charge in [-0.05, 0) is 12.8 Å². The van der Waals surface area contributed by atoms with Crippen molar-refractivity contribution in [1.82, 2.24) is 5.32 Å². The van der Waals surface area contributed by atoms with Crippen molar-refractivity contribution in [1.29, 1.82) is 0 Å². The van der Waals surface area contributed by atoms with E-state index in [1.165, 1.54) is 38.2 Å². The Morgan fingerprint density at radius 2 is 1.09 bits per heavy atom. The zero-order valence-corrected chi connectivity index (χ0v) is 33.1. The van der Waals surface area contributed by atoms with Gasteiger partial charge in [0.15, 0.2) is 18.9 Å². The Hall–Kier alpha value is -1.47. The van der Waals surface area contributed by atoms with E-state index in [-0.39, 0.29) is 18.9 Å². The number of allylic oxidation sites excluding steroid dienone is 1. The fraction of sp³-hybridized carbons (Fsp3) is 0.921. The van der Waals surface area contributed by atoms with Gasteiger partial charge in [0.25, 0.3) is 0 Å². The van der Waals surface area contributed by atoms with Gasteiger partial charge in [-0.15, -0.1) is 0 Å². The van der Waals surface area contributed by atoms with Crippen molar-refractivity contribution in [2.75, 3.05) is 26.4 Å². The van der Waals surface area contributed by atoms with Gasteiger partial charge in [-0.25, -0.2) is 0 Å². The molecule has 19 nitrogen and oxygen atoms in total. The van der Waals surface area contributed by atoms with Crippen LogP contribution in [0.1, 0.15) is 90.9 Å². The van der Waals surface area contributed by atoms with E-state index in [0.29, 0.717) is 12.8 Å². The molecule has 57 heavy (non-hydrogen) atoms. The predicted octanol–water partition coefficient (Wildman–Crippen LogP) is -2.43. The van der Waals surface area contributed by atoms with Crippen LogP contribution in [0.3, 0.4) is 0 Å². The maximum absolute atomic E-state index is 12.9. The minimum atomic E-state index is -1.97. The summed E-state index contributed by atoms with van der Waals surface area (Å²) in [6, 6.07) is -0.959. The van der Waals surface area contributed by atoms with Gasteiger partial charge in [0.1, 0.15) is 73.2 Å². The fourth-order valence-electron chi connectivity index (χ4n) is 7.02. The van der Waals surface area contributed by atoms with Gasteiger partial charge in [-0.2, -0.15) is 0 Å². The molecule has 3 aliphatic rings. The lowest BCUT2D eigenvalue weighted by molar-refractivity contribution is -0.379. The van der Waals surface area contributed by atoms with Gasteiger partial charge in [0, 0.05) is 6.42 Å². The summed E-state index contributed by atoms with van der Waals surface area (Å²) in [5.41, 5.74) is 0. The lowest BCUT2D eigenvalue weighted by atomic mass is 9.96. The van der Waals surface area contributed by atoms with Crippen molar-refractivity contribution in [3.8, 4) is 0 Å². The highest BCUT2D eigenvalue weighted by Crippen LogP contribution is 2.32. The van der Waals surface area contributed by atoms with Gasteiger partial charge in [0.05, 0.1) is 38.6 Å². The van der Waals surface area contributed by atoms with Crippen molar-refractivity contribution < 1.29 is 89.4 Å². The van der Waals surface area contributed by atoms with Crippen molar-refractivity contribution in [2.45, 2.75) is 195 Å². The van der Waals surface area contributed by atoms with E-state index >= 15 is 0 Å². The largest absolute Gasteiger partial charge is 0.394 e. The molecule has 3 saturated heterocycles. The number of rotatable bonds is 25. The average Bonchev–Trinajstić information content (AvgIpc) is 3.20. The lowest BCUT2D eigenvalue weighted by Gasteiger charge is -2.48. The molecule has 17 atom stereocenters. The van der Waals surface area contributed by atoms with E-state index in [1.807, 2.05) is 6.92 Å². The second-order valence-corrected chi connectivity index (χ2v) is 15.1. The third-order valence-electron chi connectivity index (χ3n) is 10.6. The molecule has 3 fully saturated rings. The Balaban J connectivity index is 1.59. The van der Waals surface area contributed by atoms with Crippen LogP contribution in [0.5, 0.6) is 0 Å². The standard InChI is InChI=1S/C38H69NO18/c1-3-5-7-8-9-10-11-12-14-16-26(44)39-21(22(43)15-13-6-4-2)20-52-36-32(50)29(47)34(24(18-41)54-36)57-38-33(51)30(48)35(25(19-42)55-38)56-37-31(49)28(46)27(45)23(17-40)53-37/h13,15,21-25,27-38,40-43,45-51H,3-12,14,16-20H2,1-2H3,(H,39,44)/b15-13+. The van der Waals surface area contributed by atoms with Gasteiger partial charge >= 0.3 is 0 Å². The highest BCUT2D eigenvalue weighted by molar-refractivity contribution is 5.76. The van der Waals surface area contributed by atoms with Crippen molar-refractivity contribution in [3.63, 3.8) is 0 Å². The molecular formula is C38H69NO18. The highest BCUT2D eigenvalue weighted by Gasteiger charge is 2.53. The molecule has 0 aromatic heterocycles. The van der Waals surface area contributed by atoms with Crippen LogP contribution in [0.4, 0.5) is 0 Å². The van der Waals surface area contributed by atoms with Gasteiger partial charge < -0.3 is 89.9 Å². The summed E-state index contributed by atoms with van der Waals surface area (Å²) in [6.07, 6.45) is -11.9. The fourth-order valence-corrected chi connectivity index (χ4v) is 7.02. The predicted molar refractivity (Wildman–Crippen MR) is 199 cm³/mol. The van der Waals surface area contributed by atoms with Crippen LogP contribution in [-0.2, 0) is 33.2 Å². The highest BCUT2D eigenvalue weighted by atomic mass is 16.8. The summed E-state index contributed by atoms with van der Waals surface area (Å²) >= 11 is 0. The van der Waals surface area contributed by atoms with E-state index in [1.54, 1.807) is 6.08 Å². The van der Waals surface area contributed by atoms with E-state index in [4.69, 9.17) is 28.4 Å². The molecule has 0 aromatic rings. The zero-order chi connectivity index (χ0) is 42.1. The van der Waals surface area contributed by atoms with Crippen molar-refractivity contribution in [3.05, 3.63) is 12.2 Å². The first-order valence-corrected chi connectivity index (χ1v) is 20.4. The van der Waals surface area contributed by atoms with Crippen molar-refractivity contribution >= 4 is 5.91 Å². The van der Waals surface area contributed by atoms with Gasteiger partial charge in [0.2, 0.25) is 5.91 Å². The minimum Gasteiger partial charge on any atom is -0.394 e. The maximum Gasteiger partial charge on any atom is 0.220 e. The molecule has 0 aliphatic carbocycles. The van der Waals surface area contributed by atoms with E-state index in [0.717, 1.165) is 25.7 Å². The molecular weight excluding hydrogens is 758 g/mol. The third-order valence-corrected chi connectivity index (χ3v) is 10.6. The van der Waals surface area contributed by atoms with E-state index < -0.39 is 124 Å². The van der Waals surface area contributed by atoms with Crippen LogP contribution < -0.4 is 5.32 Å². The summed E-state index contributed by atoms with van der Waals surface area (Å²) in [4.78, 5) is 12.9. The quantitative estimate of drug-likeness (QED) is 0.0337. The number of ether oxygens (including phenoxy) is 6. The first-order valence-electron chi connectivity index (χ1n) is 20.4. The van der Waals surface area contributed by atoms with Gasteiger partial charge in [-0.3, -0.25) is 4.79 Å². The summed E-state index contributed by atoms with van der Waals surface area (Å²) < 4.78 is 33.7. The molecule has 3 aliphatic heterocycles. The first kappa shape index (κ1) is 49.9. The number of unbranched alkanes of at least 4 members (excludes halogenated alkanes) is 9. The second-order valence-electron chi connectivity index (χ2n) is 15.1. The SMILES string of the molecule is CCC/C=C/C(O)C(COC1OC(CO)C(OC2OC(CO)C(OC3OC(CO)C(O)C(O)C3O)C(O)C2O)C(O)C1O)NC(=O)CCCCCCCCCCC. The summed E-state index contributed by atoms with van der Waals surface area (Å²) in [5.74, 6) is -0.295. The summed E-state index contributed by atoms with van der Waals surface area (Å²) in [5, 5.41) is 118. The molecule has 0 bridgehead atoms. The Morgan fingerprint density at radius 3 is 1.61 bits per heavy atom. The molecule has 3 rings (SSSR count). The average molecular weight is 828 g/mol. The number of amides is 1. The zero-order valence-electron chi connectivity index (χ0n) is 33.1. The maximum atomic E-state index is 12.9. The molecule has 3 heterocycles. The van der Waals surface area contributed by atoms with Crippen LogP contribution in [0, 0.1) is 0 Å². The molecule has 334 valence electrons. The number of aliphatic hydroxyl groups excluding tert-OH is 11. The number of hydrogen-bond acceptors (Lipinski definition) is 18. The number of carbonyl (C=O) groups excluding carboxylic acids is 1. The topological polar surface area (TPSA) is 307 Å². The molecule has 0 aromatic carbocycles. The molecule has 12 N–H and O–H groups in total. The lowest BCUT2D eigenvalue weighted by Crippen LogP contribution is -2.66. The summed E-state index contributed by atoms with van der Waals surface area (Å²) in [7, 11) is 0. The molecule has 0 spiro atoms. The smallest absolute Gasteiger partial charge is 0.220 e.